The predicted octanol–water partition coefficient (Wildman–Crippen LogP) is 2.10. The van der Waals surface area contributed by atoms with E-state index in [0.717, 1.165) is 24.0 Å². The molecule has 108 valence electrons. The minimum absolute atomic E-state index is 0.0959. The van der Waals surface area contributed by atoms with Gasteiger partial charge >= 0.3 is 12.0 Å². The van der Waals surface area contributed by atoms with Gasteiger partial charge in [0.2, 0.25) is 0 Å². The van der Waals surface area contributed by atoms with E-state index in [1.54, 1.807) is 11.9 Å². The number of amides is 2. The predicted molar refractivity (Wildman–Crippen MR) is 75.4 cm³/mol. The Balaban J connectivity index is 2.01. The third kappa shape index (κ3) is 3.73. The molecule has 1 aliphatic carbocycles. The summed E-state index contributed by atoms with van der Waals surface area (Å²) in [6, 6.07) is 7.85. The summed E-state index contributed by atoms with van der Waals surface area (Å²) in [7, 11) is 1.71. The molecule has 2 amide bonds. The first-order valence-electron chi connectivity index (χ1n) is 6.76. The van der Waals surface area contributed by atoms with Gasteiger partial charge in [0, 0.05) is 19.6 Å². The summed E-state index contributed by atoms with van der Waals surface area (Å²) in [6.07, 6.45) is 1.80. The SMILES string of the molecule is Cc1cccc(CN(C)C(=O)N(CC(=O)O)C2CC2)c1. The largest absolute Gasteiger partial charge is 0.480 e. The summed E-state index contributed by atoms with van der Waals surface area (Å²) in [5.41, 5.74) is 2.19. The maximum absolute atomic E-state index is 12.3. The van der Waals surface area contributed by atoms with Crippen LogP contribution in [0.25, 0.3) is 0 Å². The highest BCUT2D eigenvalue weighted by molar-refractivity contribution is 5.80. The molecular formula is C15H20N2O3. The number of carbonyl (C=O) groups excluding carboxylic acids is 1. The molecule has 1 aromatic rings. The van der Waals surface area contributed by atoms with Gasteiger partial charge in [-0.1, -0.05) is 29.8 Å². The van der Waals surface area contributed by atoms with Gasteiger partial charge in [-0.25, -0.2) is 4.79 Å². The monoisotopic (exact) mass is 276 g/mol. The Morgan fingerprint density at radius 2 is 2.05 bits per heavy atom. The van der Waals surface area contributed by atoms with Crippen LogP contribution >= 0.6 is 0 Å². The second-order valence-electron chi connectivity index (χ2n) is 5.38. The molecule has 20 heavy (non-hydrogen) atoms. The van der Waals surface area contributed by atoms with Crippen molar-refractivity contribution in [2.75, 3.05) is 13.6 Å². The van der Waals surface area contributed by atoms with Crippen LogP contribution in [0.1, 0.15) is 24.0 Å². The lowest BCUT2D eigenvalue weighted by Gasteiger charge is -2.27. The highest BCUT2D eigenvalue weighted by Crippen LogP contribution is 2.27. The number of urea groups is 1. The van der Waals surface area contributed by atoms with Crippen LogP contribution in [0.5, 0.6) is 0 Å². The Morgan fingerprint density at radius 1 is 1.35 bits per heavy atom. The average molecular weight is 276 g/mol. The molecule has 1 aromatic carbocycles. The summed E-state index contributed by atoms with van der Waals surface area (Å²) in [6.45, 7) is 2.28. The maximum Gasteiger partial charge on any atom is 0.323 e. The maximum atomic E-state index is 12.3. The molecule has 0 atom stereocenters. The topological polar surface area (TPSA) is 60.9 Å². The number of aliphatic carboxylic acids is 1. The molecule has 1 saturated carbocycles. The molecule has 0 radical (unpaired) electrons. The first kappa shape index (κ1) is 14.4. The zero-order valence-corrected chi connectivity index (χ0v) is 11.9. The van der Waals surface area contributed by atoms with Crippen molar-refractivity contribution in [3.05, 3.63) is 35.4 Å². The summed E-state index contributed by atoms with van der Waals surface area (Å²) < 4.78 is 0. The Labute approximate surface area is 118 Å². The fourth-order valence-corrected chi connectivity index (χ4v) is 2.26. The van der Waals surface area contributed by atoms with E-state index in [1.165, 1.54) is 4.90 Å². The van der Waals surface area contributed by atoms with E-state index in [-0.39, 0.29) is 18.6 Å². The normalized spacial score (nSPS) is 13.9. The molecule has 0 aromatic heterocycles. The first-order valence-corrected chi connectivity index (χ1v) is 6.76. The van der Waals surface area contributed by atoms with Gasteiger partial charge in [-0.2, -0.15) is 0 Å². The molecule has 0 spiro atoms. The van der Waals surface area contributed by atoms with Crippen LogP contribution in [0.4, 0.5) is 4.79 Å². The molecule has 0 unspecified atom stereocenters. The van der Waals surface area contributed by atoms with E-state index in [1.807, 2.05) is 31.2 Å². The van der Waals surface area contributed by atoms with E-state index in [2.05, 4.69) is 0 Å². The van der Waals surface area contributed by atoms with Crippen molar-refractivity contribution < 1.29 is 14.7 Å². The zero-order valence-electron chi connectivity index (χ0n) is 11.9. The number of benzene rings is 1. The summed E-state index contributed by atoms with van der Waals surface area (Å²) in [4.78, 5) is 26.2. The van der Waals surface area contributed by atoms with Crippen LogP contribution < -0.4 is 0 Å². The first-order chi connectivity index (χ1) is 9.47. The quantitative estimate of drug-likeness (QED) is 0.896. The summed E-state index contributed by atoms with van der Waals surface area (Å²) in [5, 5.41) is 8.90. The lowest BCUT2D eigenvalue weighted by molar-refractivity contribution is -0.137. The Kier molecular flexibility index (Phi) is 4.27. The third-order valence-electron chi connectivity index (χ3n) is 3.37. The van der Waals surface area contributed by atoms with E-state index < -0.39 is 5.97 Å². The van der Waals surface area contributed by atoms with Crippen molar-refractivity contribution in [2.24, 2.45) is 0 Å². The molecule has 0 bridgehead atoms. The van der Waals surface area contributed by atoms with Gasteiger partial charge in [0.25, 0.3) is 0 Å². The molecule has 0 saturated heterocycles. The number of hydrogen-bond acceptors (Lipinski definition) is 2. The number of nitrogens with zero attached hydrogens (tertiary/aromatic N) is 2. The Bertz CT molecular complexity index is 512. The van der Waals surface area contributed by atoms with Gasteiger partial charge in [-0.05, 0) is 25.3 Å². The molecular weight excluding hydrogens is 256 g/mol. The molecule has 5 nitrogen and oxygen atoms in total. The van der Waals surface area contributed by atoms with Crippen LogP contribution in [0.2, 0.25) is 0 Å². The lowest BCUT2D eigenvalue weighted by atomic mass is 10.1. The Morgan fingerprint density at radius 3 is 2.60 bits per heavy atom. The average Bonchev–Trinajstić information content (AvgIpc) is 3.19. The molecule has 1 fully saturated rings. The standard InChI is InChI=1S/C15H20N2O3/c1-11-4-3-5-12(8-11)9-16(2)15(20)17(10-14(18)19)13-6-7-13/h3-5,8,13H,6-7,9-10H2,1-2H3,(H,18,19). The highest BCUT2D eigenvalue weighted by atomic mass is 16.4. The van der Waals surface area contributed by atoms with E-state index in [4.69, 9.17) is 5.11 Å². The number of carboxylic acids is 1. The molecule has 1 aliphatic rings. The number of hydrogen-bond donors (Lipinski definition) is 1. The van der Waals surface area contributed by atoms with E-state index in [9.17, 15) is 9.59 Å². The number of aryl methyl sites for hydroxylation is 1. The van der Waals surface area contributed by atoms with Crippen LogP contribution in [-0.2, 0) is 11.3 Å². The van der Waals surface area contributed by atoms with Crippen molar-refractivity contribution in [2.45, 2.75) is 32.4 Å². The fourth-order valence-electron chi connectivity index (χ4n) is 2.26. The number of carbonyl (C=O) groups is 2. The van der Waals surface area contributed by atoms with E-state index in [0.29, 0.717) is 6.54 Å². The smallest absolute Gasteiger partial charge is 0.323 e. The molecule has 0 heterocycles. The van der Waals surface area contributed by atoms with Crippen molar-refractivity contribution in [3.8, 4) is 0 Å². The highest BCUT2D eigenvalue weighted by Gasteiger charge is 2.35. The van der Waals surface area contributed by atoms with Crippen molar-refractivity contribution >= 4 is 12.0 Å². The second-order valence-corrected chi connectivity index (χ2v) is 5.38. The van der Waals surface area contributed by atoms with E-state index >= 15 is 0 Å². The van der Waals surface area contributed by atoms with Crippen molar-refractivity contribution in [1.82, 2.24) is 9.80 Å². The van der Waals surface area contributed by atoms with Crippen molar-refractivity contribution in [1.29, 1.82) is 0 Å². The zero-order chi connectivity index (χ0) is 14.7. The van der Waals surface area contributed by atoms with Gasteiger partial charge in [-0.3, -0.25) is 4.79 Å². The van der Waals surface area contributed by atoms with Gasteiger partial charge in [0.15, 0.2) is 0 Å². The lowest BCUT2D eigenvalue weighted by Crippen LogP contribution is -2.44. The van der Waals surface area contributed by atoms with Crippen LogP contribution in [0.3, 0.4) is 0 Å². The fraction of sp³-hybridized carbons (Fsp3) is 0.467. The third-order valence-corrected chi connectivity index (χ3v) is 3.37. The van der Waals surface area contributed by atoms with Gasteiger partial charge < -0.3 is 14.9 Å². The minimum atomic E-state index is -0.964. The summed E-state index contributed by atoms with van der Waals surface area (Å²) in [5.74, 6) is -0.964. The minimum Gasteiger partial charge on any atom is -0.480 e. The number of carboxylic acid groups (broad SMARTS) is 1. The second kappa shape index (κ2) is 5.94. The van der Waals surface area contributed by atoms with Crippen LogP contribution in [0, 0.1) is 6.92 Å². The molecule has 2 rings (SSSR count). The summed E-state index contributed by atoms with van der Waals surface area (Å²) >= 11 is 0. The van der Waals surface area contributed by atoms with Crippen LogP contribution in [-0.4, -0.2) is 46.5 Å². The van der Waals surface area contributed by atoms with Gasteiger partial charge in [0.05, 0.1) is 0 Å². The van der Waals surface area contributed by atoms with Crippen LogP contribution in [0.15, 0.2) is 24.3 Å². The Hall–Kier alpha value is -2.04. The molecule has 5 heteroatoms. The van der Waals surface area contributed by atoms with Gasteiger partial charge in [-0.15, -0.1) is 0 Å². The van der Waals surface area contributed by atoms with Gasteiger partial charge in [0.1, 0.15) is 6.54 Å². The van der Waals surface area contributed by atoms with Crippen molar-refractivity contribution in [3.63, 3.8) is 0 Å². The number of rotatable bonds is 5. The molecule has 1 N–H and O–H groups in total. The molecule has 0 aliphatic heterocycles.